The highest BCUT2D eigenvalue weighted by Crippen LogP contribution is 2.20. The van der Waals surface area contributed by atoms with Gasteiger partial charge in [0.2, 0.25) is 0 Å². The molecule has 0 aromatic carbocycles. The molecule has 1 aromatic rings. The molecule has 0 N–H and O–H groups in total. The van der Waals surface area contributed by atoms with Crippen molar-refractivity contribution in [1.29, 1.82) is 0 Å². The third-order valence-electron chi connectivity index (χ3n) is 2.97. The van der Waals surface area contributed by atoms with Gasteiger partial charge < -0.3 is 0 Å². The summed E-state index contributed by atoms with van der Waals surface area (Å²) in [5, 5.41) is 0.649. The van der Waals surface area contributed by atoms with Gasteiger partial charge in [0.25, 0.3) is 0 Å². The second-order valence-electron chi connectivity index (χ2n) is 4.44. The molecule has 15 heavy (non-hydrogen) atoms. The third-order valence-corrected chi connectivity index (χ3v) is 3.31. The number of hydrogen-bond acceptors (Lipinski definition) is 2. The second kappa shape index (κ2) is 4.95. The van der Waals surface area contributed by atoms with Crippen LogP contribution in [0.25, 0.3) is 0 Å². The predicted octanol–water partition coefficient (Wildman–Crippen LogP) is 2.97. The fraction of sp³-hybridized carbons (Fsp3) is 0.583. The quantitative estimate of drug-likeness (QED) is 0.719. The number of halogens is 1. The summed E-state index contributed by atoms with van der Waals surface area (Å²) in [5.41, 5.74) is 1.15. The molecule has 1 saturated heterocycles. The highest BCUT2D eigenvalue weighted by Gasteiger charge is 2.16. The van der Waals surface area contributed by atoms with E-state index < -0.39 is 0 Å². The first-order valence-corrected chi connectivity index (χ1v) is 5.95. The number of hydrogen-bond donors (Lipinski definition) is 0. The molecule has 0 amide bonds. The molecular formula is C12H17ClN2. The molecular weight excluding hydrogens is 208 g/mol. The van der Waals surface area contributed by atoms with Crippen molar-refractivity contribution >= 4 is 11.6 Å². The molecule has 2 heterocycles. The normalized spacial score (nSPS) is 22.9. The Morgan fingerprint density at radius 3 is 3.20 bits per heavy atom. The summed E-state index contributed by atoms with van der Waals surface area (Å²) in [6.45, 7) is 5.63. The van der Waals surface area contributed by atoms with E-state index in [9.17, 15) is 0 Å². The molecule has 0 spiro atoms. The molecule has 1 unspecified atom stereocenters. The molecule has 3 heteroatoms. The first kappa shape index (κ1) is 10.9. The lowest BCUT2D eigenvalue weighted by atomic mass is 10.00. The van der Waals surface area contributed by atoms with E-state index >= 15 is 0 Å². The molecule has 1 aliphatic heterocycles. The van der Waals surface area contributed by atoms with Crippen LogP contribution in [0.5, 0.6) is 0 Å². The van der Waals surface area contributed by atoms with Crippen LogP contribution in [0.2, 0.25) is 5.15 Å². The van der Waals surface area contributed by atoms with E-state index in [2.05, 4.69) is 22.9 Å². The summed E-state index contributed by atoms with van der Waals surface area (Å²) in [6, 6.07) is 4.02. The van der Waals surface area contributed by atoms with Gasteiger partial charge in [-0.3, -0.25) is 4.90 Å². The van der Waals surface area contributed by atoms with E-state index in [0.29, 0.717) is 5.15 Å². The maximum absolute atomic E-state index is 6.04. The Bertz CT molecular complexity index is 327. The average Bonchev–Trinajstić information content (AvgIpc) is 2.22. The molecule has 0 bridgehead atoms. The molecule has 1 aromatic heterocycles. The second-order valence-corrected chi connectivity index (χ2v) is 4.79. The van der Waals surface area contributed by atoms with E-state index in [-0.39, 0.29) is 0 Å². The Labute approximate surface area is 96.3 Å². The van der Waals surface area contributed by atoms with Gasteiger partial charge in [0.05, 0.1) is 0 Å². The standard InChI is InChI=1S/C12H17ClN2/c1-10-4-3-7-15(8-10)9-11-5-2-6-14-12(11)13/h2,5-6,10H,3-4,7-9H2,1H3. The van der Waals surface area contributed by atoms with Crippen molar-refractivity contribution in [3.63, 3.8) is 0 Å². The average molecular weight is 225 g/mol. The molecule has 1 atom stereocenters. The van der Waals surface area contributed by atoms with E-state index in [0.717, 1.165) is 18.0 Å². The Balaban J connectivity index is 1.99. The predicted molar refractivity (Wildman–Crippen MR) is 62.9 cm³/mol. The Morgan fingerprint density at radius 1 is 1.60 bits per heavy atom. The van der Waals surface area contributed by atoms with Crippen LogP contribution < -0.4 is 0 Å². The van der Waals surface area contributed by atoms with Gasteiger partial charge in [-0.15, -0.1) is 0 Å². The molecule has 2 nitrogen and oxygen atoms in total. The first-order chi connectivity index (χ1) is 7.25. The first-order valence-electron chi connectivity index (χ1n) is 5.57. The number of pyridine rings is 1. The van der Waals surface area contributed by atoms with Gasteiger partial charge in [0.15, 0.2) is 0 Å². The zero-order valence-corrected chi connectivity index (χ0v) is 9.87. The number of nitrogens with zero attached hydrogens (tertiary/aromatic N) is 2. The highest BCUT2D eigenvalue weighted by atomic mass is 35.5. The number of likely N-dealkylation sites (tertiary alicyclic amines) is 1. The number of aromatic nitrogens is 1. The molecule has 2 rings (SSSR count). The minimum Gasteiger partial charge on any atom is -0.299 e. The van der Waals surface area contributed by atoms with Crippen LogP contribution in [0.3, 0.4) is 0 Å². The third kappa shape index (κ3) is 2.93. The van der Waals surface area contributed by atoms with Crippen molar-refractivity contribution in [2.45, 2.75) is 26.3 Å². The van der Waals surface area contributed by atoms with Gasteiger partial charge in [-0.05, 0) is 31.4 Å². The van der Waals surface area contributed by atoms with Crippen molar-refractivity contribution in [3.8, 4) is 0 Å². The summed E-state index contributed by atoms with van der Waals surface area (Å²) < 4.78 is 0. The number of rotatable bonds is 2. The van der Waals surface area contributed by atoms with Crippen LogP contribution >= 0.6 is 11.6 Å². The monoisotopic (exact) mass is 224 g/mol. The van der Waals surface area contributed by atoms with Gasteiger partial charge >= 0.3 is 0 Å². The SMILES string of the molecule is CC1CCCN(Cc2cccnc2Cl)C1. The molecule has 1 aliphatic rings. The smallest absolute Gasteiger partial charge is 0.133 e. The Hall–Kier alpha value is -0.600. The van der Waals surface area contributed by atoms with Gasteiger partial charge in [-0.1, -0.05) is 24.6 Å². The van der Waals surface area contributed by atoms with E-state index in [1.54, 1.807) is 6.20 Å². The summed E-state index contributed by atoms with van der Waals surface area (Å²) in [7, 11) is 0. The van der Waals surface area contributed by atoms with Crippen LogP contribution in [0.15, 0.2) is 18.3 Å². The number of piperidine rings is 1. The molecule has 0 aliphatic carbocycles. The van der Waals surface area contributed by atoms with Crippen LogP contribution in [0.4, 0.5) is 0 Å². The van der Waals surface area contributed by atoms with Crippen molar-refractivity contribution in [2.75, 3.05) is 13.1 Å². The molecule has 82 valence electrons. The summed E-state index contributed by atoms with van der Waals surface area (Å²) in [6.07, 6.45) is 4.40. The lowest BCUT2D eigenvalue weighted by Gasteiger charge is -2.30. The van der Waals surface area contributed by atoms with Gasteiger partial charge in [-0.25, -0.2) is 4.98 Å². The van der Waals surface area contributed by atoms with Crippen LogP contribution in [0.1, 0.15) is 25.3 Å². The lowest BCUT2D eigenvalue weighted by Crippen LogP contribution is -2.33. The minimum absolute atomic E-state index is 0.649. The zero-order valence-electron chi connectivity index (χ0n) is 9.12. The summed E-state index contributed by atoms with van der Waals surface area (Å²) >= 11 is 6.04. The van der Waals surface area contributed by atoms with Gasteiger partial charge in [-0.2, -0.15) is 0 Å². The van der Waals surface area contributed by atoms with Gasteiger partial charge in [0.1, 0.15) is 5.15 Å². The van der Waals surface area contributed by atoms with Gasteiger partial charge in [0, 0.05) is 24.8 Å². The maximum Gasteiger partial charge on any atom is 0.133 e. The molecule has 0 saturated carbocycles. The van der Waals surface area contributed by atoms with E-state index in [1.165, 1.54) is 25.9 Å². The lowest BCUT2D eigenvalue weighted by molar-refractivity contribution is 0.176. The van der Waals surface area contributed by atoms with Crippen molar-refractivity contribution in [3.05, 3.63) is 29.0 Å². The Kier molecular flexibility index (Phi) is 3.60. The summed E-state index contributed by atoms with van der Waals surface area (Å²) in [5.74, 6) is 0.814. The van der Waals surface area contributed by atoms with Crippen molar-refractivity contribution in [2.24, 2.45) is 5.92 Å². The van der Waals surface area contributed by atoms with Crippen molar-refractivity contribution in [1.82, 2.24) is 9.88 Å². The fourth-order valence-electron chi connectivity index (χ4n) is 2.21. The highest BCUT2D eigenvalue weighted by molar-refractivity contribution is 6.30. The Morgan fingerprint density at radius 2 is 2.47 bits per heavy atom. The van der Waals surface area contributed by atoms with Crippen molar-refractivity contribution < 1.29 is 0 Å². The minimum atomic E-state index is 0.649. The summed E-state index contributed by atoms with van der Waals surface area (Å²) in [4.78, 5) is 6.57. The zero-order chi connectivity index (χ0) is 10.7. The van der Waals surface area contributed by atoms with E-state index in [1.807, 2.05) is 6.07 Å². The molecule has 1 fully saturated rings. The van der Waals surface area contributed by atoms with E-state index in [4.69, 9.17) is 11.6 Å². The van der Waals surface area contributed by atoms with Crippen LogP contribution in [-0.2, 0) is 6.54 Å². The van der Waals surface area contributed by atoms with Crippen LogP contribution in [0, 0.1) is 5.92 Å². The largest absolute Gasteiger partial charge is 0.299 e. The fourth-order valence-corrected chi connectivity index (χ4v) is 2.39. The maximum atomic E-state index is 6.04. The topological polar surface area (TPSA) is 16.1 Å². The van der Waals surface area contributed by atoms with Crippen LogP contribution in [-0.4, -0.2) is 23.0 Å². The molecule has 0 radical (unpaired) electrons.